The summed E-state index contributed by atoms with van der Waals surface area (Å²) in [5, 5.41) is 20.2. The van der Waals surface area contributed by atoms with Crippen LogP contribution < -0.4 is 0 Å². The highest BCUT2D eigenvalue weighted by Gasteiger charge is 2.34. The van der Waals surface area contributed by atoms with Gasteiger partial charge in [-0.1, -0.05) is 31.2 Å². The van der Waals surface area contributed by atoms with Gasteiger partial charge in [0, 0.05) is 5.41 Å². The average Bonchev–Trinajstić information content (AvgIpc) is 2.56. The van der Waals surface area contributed by atoms with Crippen molar-refractivity contribution in [2.24, 2.45) is 0 Å². The molecule has 4 nitrogen and oxygen atoms in total. The second-order valence-corrected chi connectivity index (χ2v) is 7.00. The lowest BCUT2D eigenvalue weighted by Gasteiger charge is -2.31. The molecule has 0 bridgehead atoms. The zero-order valence-corrected chi connectivity index (χ0v) is 15.7. The predicted molar refractivity (Wildman–Crippen MR) is 98.2 cm³/mol. The SMILES string of the molecule is COC(=O)CC(C)(c1cc(C)c(O)c(C)c1)c1cc(C)c(O)c(C)c1. The van der Waals surface area contributed by atoms with Crippen LogP contribution in [0.1, 0.15) is 46.7 Å². The first-order valence-corrected chi connectivity index (χ1v) is 8.28. The maximum Gasteiger partial charge on any atom is 0.306 e. The summed E-state index contributed by atoms with van der Waals surface area (Å²) < 4.78 is 4.92. The van der Waals surface area contributed by atoms with Crippen molar-refractivity contribution in [1.82, 2.24) is 0 Å². The van der Waals surface area contributed by atoms with Crippen LogP contribution in [-0.4, -0.2) is 23.3 Å². The molecule has 0 saturated heterocycles. The summed E-state index contributed by atoms with van der Waals surface area (Å²) in [5.41, 5.74) is 4.26. The molecule has 2 rings (SSSR count). The smallest absolute Gasteiger partial charge is 0.306 e. The molecule has 0 radical (unpaired) electrons. The van der Waals surface area contributed by atoms with Gasteiger partial charge in [-0.05, 0) is 61.1 Å². The Morgan fingerprint density at radius 1 is 0.880 bits per heavy atom. The number of phenolic OH excluding ortho intramolecular Hbond substituents is 2. The van der Waals surface area contributed by atoms with E-state index in [0.717, 1.165) is 33.4 Å². The van der Waals surface area contributed by atoms with Gasteiger partial charge in [0.25, 0.3) is 0 Å². The number of phenols is 2. The molecule has 0 aliphatic heterocycles. The van der Waals surface area contributed by atoms with Gasteiger partial charge < -0.3 is 14.9 Å². The first-order chi connectivity index (χ1) is 11.6. The number of hydrogen-bond donors (Lipinski definition) is 2. The molecule has 4 heteroatoms. The van der Waals surface area contributed by atoms with Gasteiger partial charge in [-0.25, -0.2) is 0 Å². The molecule has 0 saturated carbocycles. The van der Waals surface area contributed by atoms with Crippen LogP contribution in [0.2, 0.25) is 0 Å². The monoisotopic (exact) mass is 342 g/mol. The summed E-state index contributed by atoms with van der Waals surface area (Å²) in [5.74, 6) is 0.221. The molecule has 0 atom stereocenters. The Bertz CT molecular complexity index is 717. The summed E-state index contributed by atoms with van der Waals surface area (Å²) in [6.45, 7) is 9.37. The lowest BCUT2D eigenvalue weighted by atomic mass is 9.72. The van der Waals surface area contributed by atoms with Gasteiger partial charge in [0.2, 0.25) is 0 Å². The minimum atomic E-state index is -0.639. The molecule has 0 unspecified atom stereocenters. The Kier molecular flexibility index (Phi) is 5.12. The van der Waals surface area contributed by atoms with E-state index >= 15 is 0 Å². The van der Waals surface area contributed by atoms with Gasteiger partial charge in [-0.3, -0.25) is 4.79 Å². The number of aryl methyl sites for hydroxylation is 4. The third-order valence-corrected chi connectivity index (χ3v) is 4.98. The van der Waals surface area contributed by atoms with E-state index in [9.17, 15) is 15.0 Å². The highest BCUT2D eigenvalue weighted by atomic mass is 16.5. The number of ether oxygens (including phenoxy) is 1. The summed E-state index contributed by atoms with van der Waals surface area (Å²) in [6.07, 6.45) is 0.164. The molecule has 2 aromatic carbocycles. The Morgan fingerprint density at radius 2 is 1.20 bits per heavy atom. The van der Waals surface area contributed by atoms with Gasteiger partial charge in [0.15, 0.2) is 0 Å². The van der Waals surface area contributed by atoms with E-state index in [1.54, 1.807) is 0 Å². The minimum Gasteiger partial charge on any atom is -0.507 e. The Labute approximate surface area is 149 Å². The minimum absolute atomic E-state index is 0.164. The predicted octanol–water partition coefficient (Wildman–Crippen LogP) is 4.20. The zero-order valence-electron chi connectivity index (χ0n) is 15.7. The van der Waals surface area contributed by atoms with E-state index in [2.05, 4.69) is 0 Å². The van der Waals surface area contributed by atoms with Crippen LogP contribution in [0.25, 0.3) is 0 Å². The maximum absolute atomic E-state index is 12.1. The third-order valence-electron chi connectivity index (χ3n) is 4.98. The van der Waals surface area contributed by atoms with Gasteiger partial charge in [0.1, 0.15) is 11.5 Å². The fraction of sp³-hybridized carbons (Fsp3) is 0.381. The quantitative estimate of drug-likeness (QED) is 0.817. The Hall–Kier alpha value is -2.49. The van der Waals surface area contributed by atoms with E-state index in [-0.39, 0.29) is 23.9 Å². The number of benzene rings is 2. The maximum atomic E-state index is 12.1. The van der Waals surface area contributed by atoms with E-state index in [4.69, 9.17) is 4.74 Å². The van der Waals surface area contributed by atoms with Crippen LogP contribution in [0.5, 0.6) is 11.5 Å². The largest absolute Gasteiger partial charge is 0.507 e. The third kappa shape index (κ3) is 3.48. The number of aromatic hydroxyl groups is 2. The second-order valence-electron chi connectivity index (χ2n) is 7.00. The van der Waals surface area contributed by atoms with Crippen LogP contribution >= 0.6 is 0 Å². The molecule has 0 amide bonds. The van der Waals surface area contributed by atoms with E-state index in [1.807, 2.05) is 58.9 Å². The zero-order chi connectivity index (χ0) is 18.9. The van der Waals surface area contributed by atoms with Crippen LogP contribution in [-0.2, 0) is 14.9 Å². The number of rotatable bonds is 4. The number of carbonyl (C=O) groups excluding carboxylic acids is 1. The summed E-state index contributed by atoms with van der Waals surface area (Å²) in [7, 11) is 1.38. The van der Waals surface area contributed by atoms with Crippen LogP contribution in [0.15, 0.2) is 24.3 Å². The van der Waals surface area contributed by atoms with Crippen molar-refractivity contribution in [3.05, 3.63) is 57.6 Å². The van der Waals surface area contributed by atoms with Gasteiger partial charge in [0.05, 0.1) is 13.5 Å². The highest BCUT2D eigenvalue weighted by molar-refractivity contribution is 5.73. The summed E-state index contributed by atoms with van der Waals surface area (Å²) in [4.78, 5) is 12.1. The topological polar surface area (TPSA) is 66.8 Å². The molecule has 2 N–H and O–H groups in total. The van der Waals surface area contributed by atoms with Crippen molar-refractivity contribution >= 4 is 5.97 Å². The number of methoxy groups -OCH3 is 1. The molecule has 0 spiro atoms. The molecule has 0 heterocycles. The van der Waals surface area contributed by atoms with Gasteiger partial charge >= 0.3 is 5.97 Å². The molecule has 0 aliphatic carbocycles. The molecule has 25 heavy (non-hydrogen) atoms. The highest BCUT2D eigenvalue weighted by Crippen LogP contribution is 2.40. The van der Waals surface area contributed by atoms with E-state index in [1.165, 1.54) is 7.11 Å². The molecule has 2 aromatic rings. The van der Waals surface area contributed by atoms with E-state index < -0.39 is 5.41 Å². The second kappa shape index (κ2) is 6.79. The Balaban J connectivity index is 2.73. The number of carbonyl (C=O) groups is 1. The van der Waals surface area contributed by atoms with Gasteiger partial charge in [-0.15, -0.1) is 0 Å². The van der Waals surface area contributed by atoms with Crippen molar-refractivity contribution in [3.8, 4) is 11.5 Å². The van der Waals surface area contributed by atoms with Crippen LogP contribution in [0.3, 0.4) is 0 Å². The van der Waals surface area contributed by atoms with Crippen molar-refractivity contribution in [3.63, 3.8) is 0 Å². The molecule has 134 valence electrons. The first kappa shape index (κ1) is 18.8. The number of hydrogen-bond acceptors (Lipinski definition) is 4. The normalized spacial score (nSPS) is 11.4. The van der Waals surface area contributed by atoms with Crippen molar-refractivity contribution in [2.45, 2.75) is 46.5 Å². The molecular weight excluding hydrogens is 316 g/mol. The summed E-state index contributed by atoms with van der Waals surface area (Å²) >= 11 is 0. The standard InChI is InChI=1S/C21H26O4/c1-12-7-16(8-13(2)19(12)23)21(5,11-18(22)25-6)17-9-14(3)20(24)15(4)10-17/h7-10,23-24H,11H2,1-6H3. The average molecular weight is 342 g/mol. The van der Waals surface area contributed by atoms with Gasteiger partial charge in [-0.2, -0.15) is 0 Å². The summed E-state index contributed by atoms with van der Waals surface area (Å²) in [6, 6.07) is 7.62. The fourth-order valence-corrected chi connectivity index (χ4v) is 3.28. The van der Waals surface area contributed by atoms with Crippen LogP contribution in [0, 0.1) is 27.7 Å². The van der Waals surface area contributed by atoms with Crippen LogP contribution in [0.4, 0.5) is 0 Å². The first-order valence-electron chi connectivity index (χ1n) is 8.28. The molecule has 0 aliphatic rings. The lowest BCUT2D eigenvalue weighted by Crippen LogP contribution is -2.28. The van der Waals surface area contributed by atoms with Crippen molar-refractivity contribution in [1.29, 1.82) is 0 Å². The fourth-order valence-electron chi connectivity index (χ4n) is 3.28. The number of esters is 1. The molecule has 0 fully saturated rings. The van der Waals surface area contributed by atoms with Crippen molar-refractivity contribution in [2.75, 3.05) is 7.11 Å². The van der Waals surface area contributed by atoms with E-state index in [0.29, 0.717) is 0 Å². The Morgan fingerprint density at radius 3 is 1.48 bits per heavy atom. The molecular formula is C21H26O4. The lowest BCUT2D eigenvalue weighted by molar-refractivity contribution is -0.141. The van der Waals surface area contributed by atoms with Crippen molar-refractivity contribution < 1.29 is 19.7 Å². The molecule has 0 aromatic heterocycles.